The standard InChI is InChI=1S/C43H41F3N6O4/c1-48-14-13-28-20-32(24-47-41(28)48)52(31-8-10-34(53)11-9-31)43(55)37-22-38(49(2)39(37)23-40(45)46)36-21-30(44)7-12-35(36)42(54)51-25-29-6-4-3-5-27(29)19-33(51)26-50-15-17-56-18-16-50/h3-14,20-22,24,33,40,53H,15-19,23,25-26H2,1-2H3/t33-/m0/s1. The van der Waals surface area contributed by atoms with Crippen molar-refractivity contribution in [2.24, 2.45) is 14.1 Å². The second kappa shape index (κ2) is 15.3. The zero-order chi connectivity index (χ0) is 39.1. The van der Waals surface area contributed by atoms with Gasteiger partial charge in [0, 0.05) is 92.5 Å². The van der Waals surface area contributed by atoms with Crippen LogP contribution in [0.3, 0.4) is 0 Å². The molecule has 288 valence electrons. The fourth-order valence-electron chi connectivity index (χ4n) is 7.99. The van der Waals surface area contributed by atoms with Gasteiger partial charge in [0.15, 0.2) is 0 Å². The third-order valence-corrected chi connectivity index (χ3v) is 10.9. The fraction of sp³-hybridized carbons (Fsp3) is 0.279. The van der Waals surface area contributed by atoms with Crippen molar-refractivity contribution in [2.75, 3.05) is 37.7 Å². The van der Waals surface area contributed by atoms with Crippen molar-refractivity contribution in [3.8, 4) is 17.0 Å². The molecule has 2 amide bonds. The van der Waals surface area contributed by atoms with Gasteiger partial charge in [-0.2, -0.15) is 0 Å². The summed E-state index contributed by atoms with van der Waals surface area (Å²) in [6, 6.07) is 22.7. The van der Waals surface area contributed by atoms with Gasteiger partial charge >= 0.3 is 0 Å². The monoisotopic (exact) mass is 762 g/mol. The first-order valence-electron chi connectivity index (χ1n) is 18.5. The number of anilines is 2. The predicted molar refractivity (Wildman–Crippen MR) is 207 cm³/mol. The maximum absolute atomic E-state index is 15.3. The number of halogens is 3. The fourth-order valence-corrected chi connectivity index (χ4v) is 7.99. The number of carbonyl (C=O) groups excluding carboxylic acids is 2. The smallest absolute Gasteiger partial charge is 0.264 e. The molecule has 10 nitrogen and oxygen atoms in total. The van der Waals surface area contributed by atoms with Gasteiger partial charge in [0.05, 0.1) is 30.7 Å². The van der Waals surface area contributed by atoms with Crippen LogP contribution < -0.4 is 4.90 Å². The Morgan fingerprint density at radius 1 is 0.929 bits per heavy atom. The number of rotatable bonds is 9. The van der Waals surface area contributed by atoms with Crippen LogP contribution in [0.5, 0.6) is 5.75 Å². The number of benzene rings is 3. The van der Waals surface area contributed by atoms with Gasteiger partial charge in [-0.25, -0.2) is 18.2 Å². The minimum Gasteiger partial charge on any atom is -0.508 e. The molecule has 0 saturated carbocycles. The van der Waals surface area contributed by atoms with Crippen LogP contribution >= 0.6 is 0 Å². The van der Waals surface area contributed by atoms with E-state index in [2.05, 4.69) is 16.0 Å². The Kier molecular flexibility index (Phi) is 10.1. The topological polar surface area (TPSA) is 96.1 Å². The number of aryl methyl sites for hydroxylation is 1. The molecule has 56 heavy (non-hydrogen) atoms. The van der Waals surface area contributed by atoms with Gasteiger partial charge in [0.2, 0.25) is 6.43 Å². The summed E-state index contributed by atoms with van der Waals surface area (Å²) in [4.78, 5) is 39.7. The Hall–Kier alpha value is -5.92. The number of pyridine rings is 1. The summed E-state index contributed by atoms with van der Waals surface area (Å²) < 4.78 is 52.9. The number of morpholine rings is 1. The Labute approximate surface area is 322 Å². The highest BCUT2D eigenvalue weighted by atomic mass is 19.3. The van der Waals surface area contributed by atoms with Crippen molar-refractivity contribution in [1.29, 1.82) is 0 Å². The molecular weight excluding hydrogens is 722 g/mol. The Morgan fingerprint density at radius 3 is 2.43 bits per heavy atom. The molecule has 3 aromatic heterocycles. The summed E-state index contributed by atoms with van der Waals surface area (Å²) in [5.41, 5.74) is 4.15. The lowest BCUT2D eigenvalue weighted by atomic mass is 9.92. The van der Waals surface area contributed by atoms with E-state index in [1.54, 1.807) is 25.2 Å². The van der Waals surface area contributed by atoms with Gasteiger partial charge in [-0.3, -0.25) is 19.4 Å². The van der Waals surface area contributed by atoms with Crippen molar-refractivity contribution in [3.63, 3.8) is 0 Å². The highest BCUT2D eigenvalue weighted by molar-refractivity contribution is 6.13. The molecule has 2 aliphatic heterocycles. The Bertz CT molecular complexity index is 2420. The first-order valence-corrected chi connectivity index (χ1v) is 18.5. The van der Waals surface area contributed by atoms with Crippen LogP contribution in [0.4, 0.5) is 24.5 Å². The number of hydrogen-bond donors (Lipinski definition) is 1. The van der Waals surface area contributed by atoms with Crippen molar-refractivity contribution < 1.29 is 32.6 Å². The third kappa shape index (κ3) is 7.15. The quantitative estimate of drug-likeness (QED) is 0.169. The lowest BCUT2D eigenvalue weighted by molar-refractivity contribution is 0.0193. The van der Waals surface area contributed by atoms with Crippen molar-refractivity contribution in [3.05, 3.63) is 131 Å². The number of alkyl halides is 2. The molecule has 0 spiro atoms. The summed E-state index contributed by atoms with van der Waals surface area (Å²) in [7, 11) is 3.39. The van der Waals surface area contributed by atoms with E-state index < -0.39 is 24.6 Å². The Balaban J connectivity index is 1.23. The zero-order valence-electron chi connectivity index (χ0n) is 31.0. The van der Waals surface area contributed by atoms with Crippen LogP contribution in [0, 0.1) is 5.82 Å². The van der Waals surface area contributed by atoms with E-state index in [1.807, 2.05) is 47.0 Å². The van der Waals surface area contributed by atoms with E-state index in [-0.39, 0.29) is 45.8 Å². The van der Waals surface area contributed by atoms with Crippen LogP contribution in [-0.2, 0) is 38.2 Å². The van der Waals surface area contributed by atoms with Crippen LogP contribution in [0.15, 0.2) is 97.3 Å². The zero-order valence-corrected chi connectivity index (χ0v) is 31.0. The number of carbonyl (C=O) groups is 2. The van der Waals surface area contributed by atoms with Crippen molar-refractivity contribution in [1.82, 2.24) is 23.9 Å². The first kappa shape index (κ1) is 37.0. The van der Waals surface area contributed by atoms with Crippen molar-refractivity contribution >= 4 is 34.2 Å². The van der Waals surface area contributed by atoms with E-state index in [0.29, 0.717) is 49.7 Å². The number of nitrogens with zero attached hydrogens (tertiary/aromatic N) is 6. The summed E-state index contributed by atoms with van der Waals surface area (Å²) in [6.07, 6.45) is 0.393. The molecule has 1 N–H and O–H groups in total. The van der Waals surface area contributed by atoms with Gasteiger partial charge < -0.3 is 23.9 Å². The molecule has 3 aromatic carbocycles. The molecule has 8 rings (SSSR count). The number of hydrogen-bond acceptors (Lipinski definition) is 6. The van der Waals surface area contributed by atoms with E-state index >= 15 is 4.39 Å². The van der Waals surface area contributed by atoms with Crippen LogP contribution in [0.1, 0.15) is 37.5 Å². The molecule has 13 heteroatoms. The molecule has 0 aliphatic carbocycles. The molecule has 1 atom stereocenters. The van der Waals surface area contributed by atoms with Crippen LogP contribution in [-0.4, -0.2) is 86.2 Å². The van der Waals surface area contributed by atoms with E-state index in [4.69, 9.17) is 4.74 Å². The number of phenolic OH excluding ortho intramolecular Hbond substituents is 1. The molecule has 0 unspecified atom stereocenters. The number of fused-ring (bicyclic) bond motifs is 2. The molecule has 0 bridgehead atoms. The molecule has 5 heterocycles. The van der Waals surface area contributed by atoms with Gasteiger partial charge in [-0.1, -0.05) is 24.3 Å². The van der Waals surface area contributed by atoms with E-state index in [0.717, 1.165) is 29.6 Å². The molecular formula is C43H41F3N6O4. The Morgan fingerprint density at radius 2 is 1.68 bits per heavy atom. The molecule has 1 saturated heterocycles. The number of phenols is 1. The average molecular weight is 763 g/mol. The number of ether oxygens (including phenoxy) is 1. The highest BCUT2D eigenvalue weighted by Crippen LogP contribution is 2.37. The summed E-state index contributed by atoms with van der Waals surface area (Å²) in [5.74, 6) is -1.62. The van der Waals surface area contributed by atoms with E-state index in [9.17, 15) is 23.5 Å². The average Bonchev–Trinajstić information content (AvgIpc) is 3.73. The maximum atomic E-state index is 15.3. The number of aromatic hydroxyl groups is 1. The van der Waals surface area contributed by atoms with Crippen LogP contribution in [0.2, 0.25) is 0 Å². The normalized spacial score (nSPS) is 16.0. The second-order valence-corrected chi connectivity index (χ2v) is 14.4. The van der Waals surface area contributed by atoms with Crippen LogP contribution in [0.25, 0.3) is 22.3 Å². The van der Waals surface area contributed by atoms with Gasteiger partial charge in [0.25, 0.3) is 11.8 Å². The number of aromatic nitrogens is 3. The molecule has 0 radical (unpaired) electrons. The van der Waals surface area contributed by atoms with Gasteiger partial charge in [-0.05, 0) is 78.2 Å². The molecule has 6 aromatic rings. The van der Waals surface area contributed by atoms with Gasteiger partial charge in [-0.15, -0.1) is 0 Å². The van der Waals surface area contributed by atoms with Crippen molar-refractivity contribution in [2.45, 2.75) is 31.9 Å². The largest absolute Gasteiger partial charge is 0.508 e. The SMILES string of the molecule is Cn1c(-c2cc(F)ccc2C(=O)N2Cc3ccccc3C[C@H]2CN2CCOCC2)cc(C(=O)N(c2ccc(O)cc2)c2cnc3c(ccn3C)c2)c1CC(F)F. The minimum absolute atomic E-state index is 0.0114. The summed E-state index contributed by atoms with van der Waals surface area (Å²) in [6.45, 7) is 3.66. The predicted octanol–water partition coefficient (Wildman–Crippen LogP) is 7.11. The maximum Gasteiger partial charge on any atom is 0.264 e. The third-order valence-electron chi connectivity index (χ3n) is 10.9. The molecule has 1 fully saturated rings. The minimum atomic E-state index is -2.82. The number of amides is 2. The first-order chi connectivity index (χ1) is 27.0. The second-order valence-electron chi connectivity index (χ2n) is 14.4. The molecule has 2 aliphatic rings. The summed E-state index contributed by atoms with van der Waals surface area (Å²) in [5, 5.41) is 10.8. The van der Waals surface area contributed by atoms with Gasteiger partial charge in [0.1, 0.15) is 17.2 Å². The lowest BCUT2D eigenvalue weighted by Crippen LogP contribution is -2.52. The van der Waals surface area contributed by atoms with E-state index in [1.165, 1.54) is 52.1 Å². The highest BCUT2D eigenvalue weighted by Gasteiger charge is 2.35. The summed E-state index contributed by atoms with van der Waals surface area (Å²) >= 11 is 0. The lowest BCUT2D eigenvalue weighted by Gasteiger charge is -2.40.